The third-order valence-electron chi connectivity index (χ3n) is 2.46. The van der Waals surface area contributed by atoms with E-state index in [4.69, 9.17) is 0 Å². The number of rotatable bonds is 4. The average Bonchev–Trinajstić information content (AvgIpc) is 2.70. The molecule has 0 bridgehead atoms. The van der Waals surface area contributed by atoms with Gasteiger partial charge in [0.15, 0.2) is 0 Å². The van der Waals surface area contributed by atoms with Gasteiger partial charge in [-0.25, -0.2) is 0 Å². The van der Waals surface area contributed by atoms with Gasteiger partial charge in [0.25, 0.3) is 0 Å². The smallest absolute Gasteiger partial charge is 0.406 e. The maximum Gasteiger partial charge on any atom is 0.573 e. The van der Waals surface area contributed by atoms with Crippen LogP contribution in [0.3, 0.4) is 0 Å². The van der Waals surface area contributed by atoms with E-state index in [1.807, 2.05) is 6.07 Å². The van der Waals surface area contributed by atoms with Gasteiger partial charge in [-0.05, 0) is 18.2 Å². The average molecular weight is 271 g/mol. The van der Waals surface area contributed by atoms with E-state index < -0.39 is 6.36 Å². The van der Waals surface area contributed by atoms with E-state index in [2.05, 4.69) is 15.2 Å². The minimum Gasteiger partial charge on any atom is -0.406 e. The summed E-state index contributed by atoms with van der Waals surface area (Å²) in [6.45, 7) is 0.464. The number of nitrogens with one attached hydrogen (secondary N) is 1. The monoisotopic (exact) mass is 271 g/mol. The molecule has 1 N–H and O–H groups in total. The van der Waals surface area contributed by atoms with Crippen molar-refractivity contribution in [3.8, 4) is 5.75 Å². The Bertz CT molecular complexity index is 551. The van der Waals surface area contributed by atoms with Crippen LogP contribution in [-0.2, 0) is 13.6 Å². The Morgan fingerprint density at radius 3 is 2.74 bits per heavy atom. The molecule has 0 aliphatic rings. The number of anilines is 1. The maximum atomic E-state index is 12.1. The first-order chi connectivity index (χ1) is 8.94. The molecule has 4 nitrogen and oxygen atoms in total. The molecule has 2 rings (SSSR count). The Morgan fingerprint density at radius 1 is 1.32 bits per heavy atom. The van der Waals surface area contributed by atoms with Gasteiger partial charge in [0, 0.05) is 25.0 Å². The van der Waals surface area contributed by atoms with E-state index in [9.17, 15) is 13.2 Å². The highest BCUT2D eigenvalue weighted by molar-refractivity contribution is 5.48. The molecule has 1 aromatic heterocycles. The number of hydrogen-bond acceptors (Lipinski definition) is 3. The van der Waals surface area contributed by atoms with Crippen LogP contribution in [0.2, 0.25) is 0 Å². The molecule has 0 spiro atoms. The molecule has 0 aliphatic carbocycles. The first-order valence-electron chi connectivity index (χ1n) is 5.50. The zero-order chi connectivity index (χ0) is 13.9. The van der Waals surface area contributed by atoms with Crippen molar-refractivity contribution in [2.45, 2.75) is 12.9 Å². The summed E-state index contributed by atoms with van der Waals surface area (Å²) >= 11 is 0. The van der Waals surface area contributed by atoms with E-state index in [1.165, 1.54) is 18.2 Å². The molecule has 0 aliphatic heterocycles. The lowest BCUT2D eigenvalue weighted by Gasteiger charge is -2.11. The fourth-order valence-corrected chi connectivity index (χ4v) is 1.57. The van der Waals surface area contributed by atoms with Crippen molar-refractivity contribution in [2.75, 3.05) is 5.32 Å². The Balaban J connectivity index is 2.01. The first kappa shape index (κ1) is 13.3. The summed E-state index contributed by atoms with van der Waals surface area (Å²) in [5.74, 6) is -0.248. The van der Waals surface area contributed by atoms with Gasteiger partial charge < -0.3 is 10.1 Å². The minimum absolute atomic E-state index is 0.248. The van der Waals surface area contributed by atoms with Gasteiger partial charge in [0.05, 0.1) is 12.2 Å². The molecule has 0 saturated carbocycles. The standard InChI is InChI=1S/C12H12F3N3O/c1-18-10(5-6-17-18)8-16-9-3-2-4-11(7-9)19-12(13,14)15/h2-7,16H,8H2,1H3. The largest absolute Gasteiger partial charge is 0.573 e. The predicted molar refractivity (Wildman–Crippen MR) is 63.7 cm³/mol. The van der Waals surface area contributed by atoms with Gasteiger partial charge in [0.1, 0.15) is 5.75 Å². The highest BCUT2D eigenvalue weighted by Crippen LogP contribution is 2.25. The van der Waals surface area contributed by atoms with Gasteiger partial charge in [-0.15, -0.1) is 13.2 Å². The van der Waals surface area contributed by atoms with Crippen molar-refractivity contribution < 1.29 is 17.9 Å². The summed E-state index contributed by atoms with van der Waals surface area (Å²) in [6, 6.07) is 7.53. The Hall–Kier alpha value is -2.18. The molecule has 2 aromatic rings. The fourth-order valence-electron chi connectivity index (χ4n) is 1.57. The number of aromatic nitrogens is 2. The number of alkyl halides is 3. The number of hydrogen-bond donors (Lipinski definition) is 1. The predicted octanol–water partition coefficient (Wildman–Crippen LogP) is 2.93. The van der Waals surface area contributed by atoms with Crippen molar-refractivity contribution in [2.24, 2.45) is 7.05 Å². The fraction of sp³-hybridized carbons (Fsp3) is 0.250. The van der Waals surface area contributed by atoms with Gasteiger partial charge in [-0.3, -0.25) is 4.68 Å². The van der Waals surface area contributed by atoms with Crippen molar-refractivity contribution in [3.05, 3.63) is 42.2 Å². The normalized spacial score (nSPS) is 11.4. The zero-order valence-electron chi connectivity index (χ0n) is 10.1. The van der Waals surface area contributed by atoms with Crippen molar-refractivity contribution in [1.82, 2.24) is 9.78 Å². The van der Waals surface area contributed by atoms with Gasteiger partial charge in [-0.2, -0.15) is 5.10 Å². The number of ether oxygens (including phenoxy) is 1. The molecule has 7 heteroatoms. The Kier molecular flexibility index (Phi) is 3.64. The van der Waals surface area contributed by atoms with Crippen LogP contribution < -0.4 is 10.1 Å². The molecule has 0 fully saturated rings. The second-order valence-corrected chi connectivity index (χ2v) is 3.88. The number of aryl methyl sites for hydroxylation is 1. The summed E-state index contributed by atoms with van der Waals surface area (Å²) in [5.41, 5.74) is 1.46. The van der Waals surface area contributed by atoms with Crippen LogP contribution >= 0.6 is 0 Å². The number of nitrogens with zero attached hydrogens (tertiary/aromatic N) is 2. The lowest BCUT2D eigenvalue weighted by atomic mass is 10.3. The van der Waals surface area contributed by atoms with Crippen LogP contribution in [0.4, 0.5) is 18.9 Å². The molecule has 19 heavy (non-hydrogen) atoms. The van der Waals surface area contributed by atoms with E-state index in [1.54, 1.807) is 24.0 Å². The highest BCUT2D eigenvalue weighted by Gasteiger charge is 2.31. The summed E-state index contributed by atoms with van der Waals surface area (Å²) in [6.07, 6.45) is -3.03. The Morgan fingerprint density at radius 2 is 2.11 bits per heavy atom. The van der Waals surface area contributed by atoms with E-state index >= 15 is 0 Å². The van der Waals surface area contributed by atoms with Crippen LogP contribution in [0.1, 0.15) is 5.69 Å². The van der Waals surface area contributed by atoms with Gasteiger partial charge in [-0.1, -0.05) is 6.07 Å². The zero-order valence-corrected chi connectivity index (χ0v) is 10.1. The molecule has 1 aromatic carbocycles. The number of halogens is 3. The van der Waals surface area contributed by atoms with Crippen LogP contribution in [0.15, 0.2) is 36.5 Å². The minimum atomic E-state index is -4.68. The van der Waals surface area contributed by atoms with E-state index in [0.717, 1.165) is 5.69 Å². The molecule has 0 saturated heterocycles. The van der Waals surface area contributed by atoms with E-state index in [0.29, 0.717) is 12.2 Å². The van der Waals surface area contributed by atoms with Crippen molar-refractivity contribution >= 4 is 5.69 Å². The number of benzene rings is 1. The molecule has 0 unspecified atom stereocenters. The summed E-state index contributed by atoms with van der Waals surface area (Å²) in [5, 5.41) is 7.00. The molecule has 1 heterocycles. The molecule has 0 amide bonds. The molecular formula is C12H12F3N3O. The van der Waals surface area contributed by atoms with Crippen LogP contribution in [-0.4, -0.2) is 16.1 Å². The quantitative estimate of drug-likeness (QED) is 0.929. The molecule has 102 valence electrons. The van der Waals surface area contributed by atoms with Crippen molar-refractivity contribution in [3.63, 3.8) is 0 Å². The van der Waals surface area contributed by atoms with E-state index in [-0.39, 0.29) is 5.75 Å². The lowest BCUT2D eigenvalue weighted by Crippen LogP contribution is -2.17. The third kappa shape index (κ3) is 3.90. The Labute approximate surface area is 107 Å². The SMILES string of the molecule is Cn1nccc1CNc1cccc(OC(F)(F)F)c1. The third-order valence-corrected chi connectivity index (χ3v) is 2.46. The molecular weight excluding hydrogens is 259 g/mol. The lowest BCUT2D eigenvalue weighted by molar-refractivity contribution is -0.274. The first-order valence-corrected chi connectivity index (χ1v) is 5.50. The molecule has 0 radical (unpaired) electrons. The second kappa shape index (κ2) is 5.21. The highest BCUT2D eigenvalue weighted by atomic mass is 19.4. The van der Waals surface area contributed by atoms with Crippen LogP contribution in [0, 0.1) is 0 Å². The maximum absolute atomic E-state index is 12.1. The summed E-state index contributed by atoms with van der Waals surface area (Å²) in [7, 11) is 1.79. The van der Waals surface area contributed by atoms with Crippen LogP contribution in [0.25, 0.3) is 0 Å². The summed E-state index contributed by atoms with van der Waals surface area (Å²) < 4.78 is 41.8. The second-order valence-electron chi connectivity index (χ2n) is 3.88. The van der Waals surface area contributed by atoms with Gasteiger partial charge >= 0.3 is 6.36 Å². The summed E-state index contributed by atoms with van der Waals surface area (Å²) in [4.78, 5) is 0. The topological polar surface area (TPSA) is 39.1 Å². The van der Waals surface area contributed by atoms with Crippen LogP contribution in [0.5, 0.6) is 5.75 Å². The van der Waals surface area contributed by atoms with Crippen molar-refractivity contribution in [1.29, 1.82) is 0 Å². The van der Waals surface area contributed by atoms with Gasteiger partial charge in [0.2, 0.25) is 0 Å². The molecule has 0 atom stereocenters.